The number of para-hydroxylation sites is 1. The van der Waals surface area contributed by atoms with Gasteiger partial charge in [0.1, 0.15) is 6.54 Å². The molecule has 0 bridgehead atoms. The highest BCUT2D eigenvalue weighted by atomic mass is 16.4. The van der Waals surface area contributed by atoms with Crippen LogP contribution in [-0.4, -0.2) is 33.3 Å². The third kappa shape index (κ3) is 2.55. The molecule has 1 aromatic carbocycles. The molecule has 0 atom stereocenters. The number of rotatable bonds is 4. The number of hydrogen-bond acceptors (Lipinski definition) is 3. The molecule has 0 saturated carbocycles. The highest BCUT2D eigenvalue weighted by molar-refractivity contribution is 6.01. The van der Waals surface area contributed by atoms with Crippen LogP contribution in [0.3, 0.4) is 0 Å². The van der Waals surface area contributed by atoms with Gasteiger partial charge in [0.05, 0.1) is 12.1 Å². The minimum atomic E-state index is -1.13. The number of nitrogens with one attached hydrogen (secondary N) is 1. The van der Waals surface area contributed by atoms with Crippen LogP contribution in [0, 0.1) is 12.3 Å². The number of carboxylic acids is 1. The Morgan fingerprint density at radius 1 is 1.42 bits per heavy atom. The Morgan fingerprint density at radius 2 is 2.16 bits per heavy atom. The first-order valence-electron chi connectivity index (χ1n) is 5.52. The van der Waals surface area contributed by atoms with Gasteiger partial charge in [-0.05, 0) is 6.07 Å². The van der Waals surface area contributed by atoms with Gasteiger partial charge in [0.25, 0.3) is 0 Å². The number of nitrogens with zero attached hydrogens (tertiary/aromatic N) is 2. The van der Waals surface area contributed by atoms with Gasteiger partial charge in [0.15, 0.2) is 5.69 Å². The number of benzene rings is 1. The van der Waals surface area contributed by atoms with Gasteiger partial charge in [-0.25, -0.2) is 4.79 Å². The number of fused-ring (bicyclic) bond motifs is 1. The lowest BCUT2D eigenvalue weighted by Crippen LogP contribution is -2.28. The van der Waals surface area contributed by atoms with E-state index in [4.69, 9.17) is 11.5 Å². The van der Waals surface area contributed by atoms with E-state index in [2.05, 4.69) is 16.3 Å². The number of carbonyl (C=O) groups excluding carboxylic acids is 1. The van der Waals surface area contributed by atoms with Crippen molar-refractivity contribution < 1.29 is 14.7 Å². The third-order valence-electron chi connectivity index (χ3n) is 2.54. The minimum Gasteiger partial charge on any atom is -0.476 e. The first-order chi connectivity index (χ1) is 9.13. The summed E-state index contributed by atoms with van der Waals surface area (Å²) in [5.41, 5.74) is 0.524. The summed E-state index contributed by atoms with van der Waals surface area (Å²) in [5, 5.41) is 16.0. The topological polar surface area (TPSA) is 84.2 Å². The lowest BCUT2D eigenvalue weighted by Gasteiger charge is -2.03. The van der Waals surface area contributed by atoms with E-state index in [1.807, 2.05) is 0 Å². The first-order valence-corrected chi connectivity index (χ1v) is 5.52. The Balaban J connectivity index is 2.36. The minimum absolute atomic E-state index is 0.0691. The van der Waals surface area contributed by atoms with E-state index in [1.165, 1.54) is 4.68 Å². The molecule has 2 rings (SSSR count). The van der Waals surface area contributed by atoms with Crippen molar-refractivity contribution in [3.8, 4) is 12.3 Å². The average molecular weight is 257 g/mol. The largest absolute Gasteiger partial charge is 0.476 e. The molecule has 96 valence electrons. The van der Waals surface area contributed by atoms with E-state index < -0.39 is 5.97 Å². The second-order valence-corrected chi connectivity index (χ2v) is 3.81. The summed E-state index contributed by atoms with van der Waals surface area (Å²) in [6.07, 6.45) is 5.04. The van der Waals surface area contributed by atoms with Gasteiger partial charge in [-0.2, -0.15) is 5.10 Å². The van der Waals surface area contributed by atoms with Crippen molar-refractivity contribution in [1.29, 1.82) is 0 Å². The molecule has 0 radical (unpaired) electrons. The molecule has 0 aliphatic carbocycles. The zero-order valence-corrected chi connectivity index (χ0v) is 9.96. The van der Waals surface area contributed by atoms with Crippen molar-refractivity contribution in [3.63, 3.8) is 0 Å². The van der Waals surface area contributed by atoms with Crippen molar-refractivity contribution >= 4 is 22.8 Å². The van der Waals surface area contributed by atoms with Crippen molar-refractivity contribution in [1.82, 2.24) is 15.1 Å². The SMILES string of the molecule is C#CCNC(=O)Cn1nc(C(=O)O)c2ccccc21. The van der Waals surface area contributed by atoms with Crippen LogP contribution in [0.25, 0.3) is 10.9 Å². The number of aromatic nitrogens is 2. The quantitative estimate of drug-likeness (QED) is 0.780. The molecule has 1 amide bonds. The van der Waals surface area contributed by atoms with Gasteiger partial charge in [-0.3, -0.25) is 9.48 Å². The molecule has 0 aliphatic rings. The molecule has 1 aromatic heterocycles. The van der Waals surface area contributed by atoms with E-state index in [1.54, 1.807) is 24.3 Å². The van der Waals surface area contributed by atoms with E-state index in [0.717, 1.165) is 0 Å². The lowest BCUT2D eigenvalue weighted by molar-refractivity contribution is -0.121. The summed E-state index contributed by atoms with van der Waals surface area (Å²) in [6.45, 7) is 0.0549. The monoisotopic (exact) mass is 257 g/mol. The Hall–Kier alpha value is -2.81. The smallest absolute Gasteiger partial charge is 0.357 e. The Kier molecular flexibility index (Phi) is 3.48. The zero-order chi connectivity index (χ0) is 13.8. The first kappa shape index (κ1) is 12.6. The predicted octanol–water partition coefficient (Wildman–Crippen LogP) is 0.484. The fourth-order valence-electron chi connectivity index (χ4n) is 1.75. The molecule has 0 unspecified atom stereocenters. The summed E-state index contributed by atoms with van der Waals surface area (Å²) in [7, 11) is 0. The molecular weight excluding hydrogens is 246 g/mol. The fourth-order valence-corrected chi connectivity index (χ4v) is 1.75. The van der Waals surface area contributed by atoms with Crippen LogP contribution in [0.4, 0.5) is 0 Å². The number of carbonyl (C=O) groups is 2. The number of carboxylic acid groups (broad SMARTS) is 1. The number of amides is 1. The molecule has 6 heteroatoms. The molecule has 0 saturated heterocycles. The maximum absolute atomic E-state index is 11.6. The van der Waals surface area contributed by atoms with Crippen LogP contribution in [0.2, 0.25) is 0 Å². The van der Waals surface area contributed by atoms with Crippen LogP contribution in [0.1, 0.15) is 10.5 Å². The summed E-state index contributed by atoms with van der Waals surface area (Å²) >= 11 is 0. The van der Waals surface area contributed by atoms with Crippen LogP contribution in [0.5, 0.6) is 0 Å². The zero-order valence-electron chi connectivity index (χ0n) is 9.96. The summed E-state index contributed by atoms with van der Waals surface area (Å²) in [5.74, 6) is 0.847. The van der Waals surface area contributed by atoms with Gasteiger partial charge in [-0.15, -0.1) is 6.42 Å². The highest BCUT2D eigenvalue weighted by Crippen LogP contribution is 2.18. The Morgan fingerprint density at radius 3 is 2.84 bits per heavy atom. The lowest BCUT2D eigenvalue weighted by atomic mass is 10.2. The average Bonchev–Trinajstić information content (AvgIpc) is 2.76. The maximum Gasteiger partial charge on any atom is 0.357 e. The van der Waals surface area contributed by atoms with Crippen LogP contribution >= 0.6 is 0 Å². The van der Waals surface area contributed by atoms with E-state index in [9.17, 15) is 9.59 Å². The second kappa shape index (κ2) is 5.23. The van der Waals surface area contributed by atoms with E-state index in [0.29, 0.717) is 10.9 Å². The van der Waals surface area contributed by atoms with Crippen molar-refractivity contribution in [2.24, 2.45) is 0 Å². The second-order valence-electron chi connectivity index (χ2n) is 3.81. The molecule has 1 heterocycles. The van der Waals surface area contributed by atoms with Crippen molar-refractivity contribution in [3.05, 3.63) is 30.0 Å². The normalized spacial score (nSPS) is 10.1. The number of aromatic carboxylic acids is 1. The molecule has 2 N–H and O–H groups in total. The predicted molar refractivity (Wildman–Crippen MR) is 68.5 cm³/mol. The standard InChI is InChI=1S/C13H11N3O3/c1-2-7-14-11(17)8-16-10-6-4-3-5-9(10)12(15-16)13(18)19/h1,3-6H,7-8H2,(H,14,17)(H,18,19). The third-order valence-corrected chi connectivity index (χ3v) is 2.54. The molecule has 19 heavy (non-hydrogen) atoms. The molecule has 0 fully saturated rings. The van der Waals surface area contributed by atoms with Gasteiger partial charge in [0, 0.05) is 5.39 Å². The van der Waals surface area contributed by atoms with Crippen LogP contribution < -0.4 is 5.32 Å². The Bertz CT molecular complexity index is 682. The molecule has 6 nitrogen and oxygen atoms in total. The maximum atomic E-state index is 11.6. The van der Waals surface area contributed by atoms with E-state index >= 15 is 0 Å². The molecular formula is C13H11N3O3. The van der Waals surface area contributed by atoms with Crippen molar-refractivity contribution in [2.75, 3.05) is 6.54 Å². The Labute approximate surface area is 109 Å². The highest BCUT2D eigenvalue weighted by Gasteiger charge is 2.16. The number of hydrogen-bond donors (Lipinski definition) is 2. The fraction of sp³-hybridized carbons (Fsp3) is 0.154. The van der Waals surface area contributed by atoms with Crippen LogP contribution in [0.15, 0.2) is 24.3 Å². The summed E-state index contributed by atoms with van der Waals surface area (Å²) < 4.78 is 1.35. The summed E-state index contributed by atoms with van der Waals surface area (Å²) in [4.78, 5) is 22.7. The summed E-state index contributed by atoms with van der Waals surface area (Å²) in [6, 6.07) is 6.84. The van der Waals surface area contributed by atoms with Crippen LogP contribution in [-0.2, 0) is 11.3 Å². The van der Waals surface area contributed by atoms with Gasteiger partial charge in [-0.1, -0.05) is 24.1 Å². The van der Waals surface area contributed by atoms with Gasteiger partial charge >= 0.3 is 5.97 Å². The van der Waals surface area contributed by atoms with Crippen molar-refractivity contribution in [2.45, 2.75) is 6.54 Å². The van der Waals surface area contributed by atoms with Gasteiger partial charge in [0.2, 0.25) is 5.91 Å². The molecule has 2 aromatic rings. The number of terminal acetylenes is 1. The molecule has 0 spiro atoms. The van der Waals surface area contributed by atoms with Gasteiger partial charge < -0.3 is 10.4 Å². The molecule has 0 aliphatic heterocycles. The van der Waals surface area contributed by atoms with E-state index in [-0.39, 0.29) is 24.7 Å².